The first kappa shape index (κ1) is 13.8. The molecular weight excluding hydrogens is 268 g/mol. The van der Waals surface area contributed by atoms with Crippen LogP contribution in [0.5, 0.6) is 0 Å². The van der Waals surface area contributed by atoms with Crippen molar-refractivity contribution in [1.82, 2.24) is 4.90 Å². The summed E-state index contributed by atoms with van der Waals surface area (Å²) in [4.78, 5) is 13.8. The maximum Gasteiger partial charge on any atom is 0.176 e. The molecule has 0 spiro atoms. The highest BCUT2D eigenvalue weighted by Crippen LogP contribution is 2.11. The molecule has 0 amide bonds. The average molecular weight is 281 g/mol. The quantitative estimate of drug-likeness (QED) is 0.783. The molecule has 19 heavy (non-hydrogen) atoms. The number of ketones is 1. The van der Waals surface area contributed by atoms with E-state index in [1.807, 2.05) is 28.8 Å². The molecule has 0 aliphatic carbocycles. The van der Waals surface area contributed by atoms with E-state index in [1.54, 1.807) is 11.3 Å². The number of carbonyl (C=O) groups is 1. The van der Waals surface area contributed by atoms with E-state index in [-0.39, 0.29) is 17.9 Å². The second-order valence-corrected chi connectivity index (χ2v) is 5.14. The molecule has 0 atom stereocenters. The number of thiophene rings is 1. The van der Waals surface area contributed by atoms with Gasteiger partial charge in [-0.15, -0.1) is 0 Å². The first-order chi connectivity index (χ1) is 9.06. The third kappa shape index (κ3) is 3.68. The lowest BCUT2D eigenvalue weighted by molar-refractivity contribution is 0.0942. The van der Waals surface area contributed by atoms with Crippen LogP contribution in [0.4, 0.5) is 8.78 Å². The van der Waals surface area contributed by atoms with Gasteiger partial charge in [0.1, 0.15) is 0 Å². The van der Waals surface area contributed by atoms with Crippen LogP contribution >= 0.6 is 11.3 Å². The number of Topliss-reactive ketones (excluding diaryl/α,β-unsaturated/α-hetero) is 1. The first-order valence-electron chi connectivity index (χ1n) is 5.74. The first-order valence-corrected chi connectivity index (χ1v) is 6.68. The smallest absolute Gasteiger partial charge is 0.176 e. The predicted octanol–water partition coefficient (Wildman–Crippen LogP) is 3.34. The molecule has 0 aliphatic heterocycles. The highest BCUT2D eigenvalue weighted by Gasteiger charge is 2.12. The van der Waals surface area contributed by atoms with E-state index < -0.39 is 11.6 Å². The maximum atomic E-state index is 13.0. The number of carbonyl (C=O) groups excluding carboxylic acids is 1. The number of rotatable bonds is 5. The average Bonchev–Trinajstić information content (AvgIpc) is 2.85. The standard InChI is InChI=1S/C14H13F2NOS/c1-17(7-10-4-5-19-9-10)8-14(18)11-2-3-12(15)13(16)6-11/h2-6,9H,7-8H2,1H3. The van der Waals surface area contributed by atoms with Crippen molar-refractivity contribution >= 4 is 17.1 Å². The summed E-state index contributed by atoms with van der Waals surface area (Å²) in [6.07, 6.45) is 0. The fraction of sp³-hybridized carbons (Fsp3) is 0.214. The fourth-order valence-electron chi connectivity index (χ4n) is 1.76. The van der Waals surface area contributed by atoms with Crippen LogP contribution in [0.1, 0.15) is 15.9 Å². The summed E-state index contributed by atoms with van der Waals surface area (Å²) >= 11 is 1.60. The van der Waals surface area contributed by atoms with E-state index in [0.29, 0.717) is 6.54 Å². The van der Waals surface area contributed by atoms with Crippen LogP contribution in [0, 0.1) is 11.6 Å². The molecule has 1 heterocycles. The van der Waals surface area contributed by atoms with Gasteiger partial charge in [0.25, 0.3) is 0 Å². The molecule has 0 radical (unpaired) electrons. The van der Waals surface area contributed by atoms with Crippen molar-refractivity contribution < 1.29 is 13.6 Å². The number of likely N-dealkylation sites (N-methyl/N-ethyl adjacent to an activating group) is 1. The van der Waals surface area contributed by atoms with Gasteiger partial charge in [0.05, 0.1) is 6.54 Å². The molecule has 1 aromatic heterocycles. The largest absolute Gasteiger partial charge is 0.295 e. The van der Waals surface area contributed by atoms with Gasteiger partial charge < -0.3 is 0 Å². The van der Waals surface area contributed by atoms with Crippen LogP contribution in [0.2, 0.25) is 0 Å². The van der Waals surface area contributed by atoms with Crippen molar-refractivity contribution in [2.75, 3.05) is 13.6 Å². The normalized spacial score (nSPS) is 10.9. The lowest BCUT2D eigenvalue weighted by Gasteiger charge is -2.14. The topological polar surface area (TPSA) is 20.3 Å². The Morgan fingerprint density at radius 3 is 2.68 bits per heavy atom. The molecule has 0 saturated heterocycles. The van der Waals surface area contributed by atoms with Gasteiger partial charge in [-0.2, -0.15) is 11.3 Å². The molecule has 0 saturated carbocycles. The van der Waals surface area contributed by atoms with Crippen molar-refractivity contribution in [2.24, 2.45) is 0 Å². The van der Waals surface area contributed by atoms with E-state index in [9.17, 15) is 13.6 Å². The van der Waals surface area contributed by atoms with E-state index in [4.69, 9.17) is 0 Å². The zero-order chi connectivity index (χ0) is 13.8. The summed E-state index contributed by atoms with van der Waals surface area (Å²) in [5.41, 5.74) is 1.32. The molecule has 2 rings (SSSR count). The molecule has 0 fully saturated rings. The van der Waals surface area contributed by atoms with Gasteiger partial charge in [0.2, 0.25) is 0 Å². The van der Waals surface area contributed by atoms with Crippen LogP contribution in [0.25, 0.3) is 0 Å². The minimum absolute atomic E-state index is 0.168. The molecule has 0 aliphatic rings. The predicted molar refractivity (Wildman–Crippen MR) is 71.3 cm³/mol. The van der Waals surface area contributed by atoms with Crippen molar-refractivity contribution in [3.05, 3.63) is 57.8 Å². The van der Waals surface area contributed by atoms with Gasteiger partial charge >= 0.3 is 0 Å². The van der Waals surface area contributed by atoms with Crippen LogP contribution < -0.4 is 0 Å². The Kier molecular flexibility index (Phi) is 4.39. The summed E-state index contributed by atoms with van der Waals surface area (Å²) in [5, 5.41) is 3.99. The summed E-state index contributed by atoms with van der Waals surface area (Å²) in [7, 11) is 1.81. The highest BCUT2D eigenvalue weighted by atomic mass is 32.1. The SMILES string of the molecule is CN(CC(=O)c1ccc(F)c(F)c1)Cc1ccsc1. The van der Waals surface area contributed by atoms with E-state index in [0.717, 1.165) is 17.7 Å². The Bertz CT molecular complexity index is 569. The number of nitrogens with zero attached hydrogens (tertiary/aromatic N) is 1. The number of benzene rings is 1. The second-order valence-electron chi connectivity index (χ2n) is 4.36. The molecule has 5 heteroatoms. The second kappa shape index (κ2) is 6.04. The van der Waals surface area contributed by atoms with Crippen LogP contribution in [-0.2, 0) is 6.54 Å². The molecule has 100 valence electrons. The molecular formula is C14H13F2NOS. The van der Waals surface area contributed by atoms with E-state index >= 15 is 0 Å². The zero-order valence-corrected chi connectivity index (χ0v) is 11.2. The summed E-state index contributed by atoms with van der Waals surface area (Å²) < 4.78 is 25.8. The summed E-state index contributed by atoms with van der Waals surface area (Å²) in [5.74, 6) is -2.16. The van der Waals surface area contributed by atoms with Crippen LogP contribution in [0.3, 0.4) is 0 Å². The lowest BCUT2D eigenvalue weighted by atomic mass is 10.1. The van der Waals surface area contributed by atoms with Gasteiger partial charge in [-0.3, -0.25) is 9.69 Å². The van der Waals surface area contributed by atoms with Gasteiger partial charge in [-0.25, -0.2) is 8.78 Å². The van der Waals surface area contributed by atoms with E-state index in [1.165, 1.54) is 6.07 Å². The molecule has 0 bridgehead atoms. The highest BCUT2D eigenvalue weighted by molar-refractivity contribution is 7.07. The molecule has 0 unspecified atom stereocenters. The maximum absolute atomic E-state index is 13.0. The Hall–Kier alpha value is -1.59. The van der Waals surface area contributed by atoms with Crippen molar-refractivity contribution in [3.63, 3.8) is 0 Å². The minimum Gasteiger partial charge on any atom is -0.295 e. The lowest BCUT2D eigenvalue weighted by Crippen LogP contribution is -2.25. The van der Waals surface area contributed by atoms with E-state index in [2.05, 4.69) is 0 Å². The molecule has 0 N–H and O–H groups in total. The summed E-state index contributed by atoms with van der Waals surface area (Å²) in [6.45, 7) is 0.819. The van der Waals surface area contributed by atoms with Gasteiger partial charge in [-0.05, 0) is 47.6 Å². The third-order valence-corrected chi connectivity index (χ3v) is 3.42. The van der Waals surface area contributed by atoms with Crippen molar-refractivity contribution in [1.29, 1.82) is 0 Å². The Balaban J connectivity index is 1.98. The summed E-state index contributed by atoms with van der Waals surface area (Å²) in [6, 6.07) is 5.21. The number of halogens is 2. The van der Waals surface area contributed by atoms with Gasteiger partial charge in [-0.1, -0.05) is 0 Å². The molecule has 2 aromatic rings. The number of hydrogen-bond donors (Lipinski definition) is 0. The third-order valence-electron chi connectivity index (χ3n) is 2.69. The van der Waals surface area contributed by atoms with Gasteiger partial charge in [0.15, 0.2) is 17.4 Å². The number of hydrogen-bond acceptors (Lipinski definition) is 3. The molecule has 2 nitrogen and oxygen atoms in total. The minimum atomic E-state index is -0.994. The Morgan fingerprint density at radius 2 is 2.05 bits per heavy atom. The molecule has 1 aromatic carbocycles. The van der Waals surface area contributed by atoms with Crippen LogP contribution in [-0.4, -0.2) is 24.3 Å². The monoisotopic (exact) mass is 281 g/mol. The van der Waals surface area contributed by atoms with Crippen molar-refractivity contribution in [3.8, 4) is 0 Å². The zero-order valence-electron chi connectivity index (χ0n) is 10.4. The fourth-order valence-corrected chi connectivity index (χ4v) is 2.42. The Morgan fingerprint density at radius 1 is 1.26 bits per heavy atom. The Labute approximate surface area is 114 Å². The van der Waals surface area contributed by atoms with Crippen molar-refractivity contribution in [2.45, 2.75) is 6.54 Å². The van der Waals surface area contributed by atoms with Crippen LogP contribution in [0.15, 0.2) is 35.0 Å². The van der Waals surface area contributed by atoms with Gasteiger partial charge in [0, 0.05) is 12.1 Å².